The molecule has 1 atom stereocenters. The zero-order valence-electron chi connectivity index (χ0n) is 13.5. The third kappa shape index (κ3) is 4.31. The van der Waals surface area contributed by atoms with E-state index in [2.05, 4.69) is 5.32 Å². The molecule has 2 N–H and O–H groups in total. The van der Waals surface area contributed by atoms with Crippen LogP contribution in [0.25, 0.3) is 0 Å². The Bertz CT molecular complexity index is 553. The smallest absolute Gasteiger partial charge is 0.379 e. The molecule has 0 bridgehead atoms. The van der Waals surface area contributed by atoms with E-state index in [0.717, 1.165) is 10.6 Å². The lowest BCUT2D eigenvalue weighted by molar-refractivity contribution is -0.253. The van der Waals surface area contributed by atoms with Gasteiger partial charge in [0.15, 0.2) is 5.60 Å². The van der Waals surface area contributed by atoms with Crippen molar-refractivity contribution >= 4 is 11.7 Å². The van der Waals surface area contributed by atoms with Gasteiger partial charge in [0, 0.05) is 38.8 Å². The summed E-state index contributed by atoms with van der Waals surface area (Å²) in [5.74, 6) is 0. The van der Waals surface area contributed by atoms with Crippen molar-refractivity contribution in [3.8, 4) is 0 Å². The van der Waals surface area contributed by atoms with Crippen LogP contribution in [0.4, 0.5) is 23.7 Å². The molecule has 0 radical (unpaired) electrons. The van der Waals surface area contributed by atoms with E-state index in [1.54, 1.807) is 0 Å². The number of likely N-dealkylation sites (tertiary alicyclic amines) is 1. The van der Waals surface area contributed by atoms with Gasteiger partial charge in [0.2, 0.25) is 0 Å². The zero-order valence-corrected chi connectivity index (χ0v) is 13.5. The minimum Gasteiger partial charge on any atom is -0.379 e. The minimum atomic E-state index is -4.72. The molecule has 2 rings (SSSR count). The normalized spacial score (nSPS) is 21.0. The molecular weight excluding hydrogens is 323 g/mol. The molecule has 1 aliphatic rings. The number of halogens is 3. The van der Waals surface area contributed by atoms with Gasteiger partial charge in [-0.05, 0) is 18.6 Å². The third-order valence-corrected chi connectivity index (χ3v) is 4.21. The number of β-amino-alcohol motifs (C(OH)–C–C–N with tert-alkyl or cyclic N) is 1. The van der Waals surface area contributed by atoms with Gasteiger partial charge in [0.1, 0.15) is 0 Å². The molecular formula is C16H22F3N3O2. The summed E-state index contributed by atoms with van der Waals surface area (Å²) in [6, 6.07) is 9.17. The van der Waals surface area contributed by atoms with Crippen molar-refractivity contribution in [1.82, 2.24) is 10.2 Å². The molecule has 1 aromatic carbocycles. The molecule has 1 aromatic rings. The van der Waals surface area contributed by atoms with Gasteiger partial charge in [-0.3, -0.25) is 0 Å². The first-order valence-electron chi connectivity index (χ1n) is 7.81. The number of rotatable bonds is 5. The lowest BCUT2D eigenvalue weighted by Gasteiger charge is -2.26. The fourth-order valence-corrected chi connectivity index (χ4v) is 2.63. The number of carbonyl (C=O) groups excluding carboxylic acids is 1. The first kappa shape index (κ1) is 18.4. The predicted octanol–water partition coefficient (Wildman–Crippen LogP) is 2.22. The average molecular weight is 345 g/mol. The van der Waals surface area contributed by atoms with Crippen LogP contribution in [0.5, 0.6) is 0 Å². The Kier molecular flexibility index (Phi) is 5.58. The van der Waals surface area contributed by atoms with Crippen molar-refractivity contribution in [2.45, 2.75) is 24.6 Å². The fourth-order valence-electron chi connectivity index (χ4n) is 2.63. The second-order valence-electron chi connectivity index (χ2n) is 6.04. The van der Waals surface area contributed by atoms with Crippen LogP contribution in [0.15, 0.2) is 30.3 Å². The summed E-state index contributed by atoms with van der Waals surface area (Å²) < 4.78 is 38.2. The van der Waals surface area contributed by atoms with E-state index >= 15 is 0 Å². The van der Waals surface area contributed by atoms with Crippen LogP contribution in [0.1, 0.15) is 12.8 Å². The number of urea groups is 1. The number of carbonyl (C=O) groups is 1. The Morgan fingerprint density at radius 3 is 2.62 bits per heavy atom. The summed E-state index contributed by atoms with van der Waals surface area (Å²) in [6.45, 7) is 0.242. The number of aliphatic hydroxyl groups is 1. The molecule has 1 fully saturated rings. The molecule has 8 heteroatoms. The highest BCUT2D eigenvalue weighted by molar-refractivity contribution is 5.74. The summed E-state index contributed by atoms with van der Waals surface area (Å²) in [5, 5.41) is 12.2. The Hall–Kier alpha value is -1.96. The number of nitrogens with one attached hydrogen (secondary N) is 1. The Morgan fingerprint density at radius 2 is 2.04 bits per heavy atom. The van der Waals surface area contributed by atoms with E-state index in [-0.39, 0.29) is 6.54 Å². The summed E-state index contributed by atoms with van der Waals surface area (Å²) in [7, 11) is 1.93. The summed E-state index contributed by atoms with van der Waals surface area (Å²) in [4.78, 5) is 14.9. The van der Waals surface area contributed by atoms with Gasteiger partial charge in [-0.1, -0.05) is 18.2 Å². The SMILES string of the molecule is CN(CCCNC(=O)N1CCC(O)(C(F)(F)F)C1)c1ccccc1. The third-order valence-electron chi connectivity index (χ3n) is 4.21. The topological polar surface area (TPSA) is 55.8 Å². The van der Waals surface area contributed by atoms with E-state index in [0.29, 0.717) is 19.5 Å². The van der Waals surface area contributed by atoms with Crippen molar-refractivity contribution in [2.24, 2.45) is 0 Å². The molecule has 1 unspecified atom stereocenters. The number of para-hydroxylation sites is 1. The van der Waals surface area contributed by atoms with Crippen LogP contribution in [0.2, 0.25) is 0 Å². The molecule has 134 valence electrons. The molecule has 0 aromatic heterocycles. The first-order valence-corrected chi connectivity index (χ1v) is 7.81. The lowest BCUT2D eigenvalue weighted by atomic mass is 10.0. The van der Waals surface area contributed by atoms with Crippen molar-refractivity contribution < 1.29 is 23.1 Å². The van der Waals surface area contributed by atoms with Crippen molar-refractivity contribution in [1.29, 1.82) is 0 Å². The number of benzene rings is 1. The minimum absolute atomic E-state index is 0.105. The number of alkyl halides is 3. The van der Waals surface area contributed by atoms with Gasteiger partial charge in [-0.25, -0.2) is 4.79 Å². The molecule has 24 heavy (non-hydrogen) atoms. The highest BCUT2D eigenvalue weighted by Gasteiger charge is 2.57. The van der Waals surface area contributed by atoms with Gasteiger partial charge < -0.3 is 20.2 Å². The molecule has 0 aliphatic carbocycles. The van der Waals surface area contributed by atoms with Crippen molar-refractivity contribution in [3.63, 3.8) is 0 Å². The van der Waals surface area contributed by atoms with Gasteiger partial charge in [0.25, 0.3) is 0 Å². The molecule has 2 amide bonds. The molecule has 1 heterocycles. The van der Waals surface area contributed by atoms with Gasteiger partial charge in [-0.15, -0.1) is 0 Å². The first-order chi connectivity index (χ1) is 11.2. The van der Waals surface area contributed by atoms with E-state index in [9.17, 15) is 23.1 Å². The largest absolute Gasteiger partial charge is 0.419 e. The molecule has 1 aliphatic heterocycles. The van der Waals surface area contributed by atoms with E-state index < -0.39 is 30.8 Å². The maximum absolute atomic E-state index is 12.7. The quantitative estimate of drug-likeness (QED) is 0.805. The summed E-state index contributed by atoms with van der Waals surface area (Å²) in [6.07, 6.45) is -4.55. The van der Waals surface area contributed by atoms with E-state index in [4.69, 9.17) is 0 Å². The molecule has 1 saturated heterocycles. The van der Waals surface area contributed by atoms with Gasteiger partial charge >= 0.3 is 12.2 Å². The number of nitrogens with zero attached hydrogens (tertiary/aromatic N) is 2. The molecule has 5 nitrogen and oxygen atoms in total. The average Bonchev–Trinajstić information content (AvgIpc) is 2.95. The standard InChI is InChI=1S/C16H22F3N3O2/c1-21(13-6-3-2-4-7-13)10-5-9-20-14(23)22-11-8-15(24,12-22)16(17,18)19/h2-4,6-7,24H,5,8-12H2,1H3,(H,20,23). The summed E-state index contributed by atoms with van der Waals surface area (Å²) in [5.41, 5.74) is -1.74. The predicted molar refractivity (Wildman–Crippen MR) is 84.9 cm³/mol. The van der Waals surface area contributed by atoms with E-state index in [1.165, 1.54) is 0 Å². The fraction of sp³-hybridized carbons (Fsp3) is 0.562. The maximum Gasteiger partial charge on any atom is 0.419 e. The van der Waals surface area contributed by atoms with Crippen LogP contribution in [0.3, 0.4) is 0 Å². The maximum atomic E-state index is 12.7. The number of amides is 2. The highest BCUT2D eigenvalue weighted by Crippen LogP contribution is 2.37. The van der Waals surface area contributed by atoms with Crippen LogP contribution < -0.4 is 10.2 Å². The van der Waals surface area contributed by atoms with Crippen LogP contribution in [-0.2, 0) is 0 Å². The Labute approximate surface area is 139 Å². The van der Waals surface area contributed by atoms with Gasteiger partial charge in [-0.2, -0.15) is 13.2 Å². The zero-order chi connectivity index (χ0) is 17.8. The second kappa shape index (κ2) is 7.29. The molecule has 0 saturated carbocycles. The monoisotopic (exact) mass is 345 g/mol. The van der Waals surface area contributed by atoms with Crippen molar-refractivity contribution in [3.05, 3.63) is 30.3 Å². The Balaban J connectivity index is 1.71. The molecule has 0 spiro atoms. The number of hydrogen-bond acceptors (Lipinski definition) is 3. The van der Waals surface area contributed by atoms with E-state index in [1.807, 2.05) is 42.3 Å². The van der Waals surface area contributed by atoms with Crippen LogP contribution >= 0.6 is 0 Å². The lowest BCUT2D eigenvalue weighted by Crippen LogP contribution is -2.49. The van der Waals surface area contributed by atoms with Crippen LogP contribution in [0, 0.1) is 0 Å². The van der Waals surface area contributed by atoms with Crippen LogP contribution in [-0.4, -0.2) is 61.0 Å². The Morgan fingerprint density at radius 1 is 1.38 bits per heavy atom. The van der Waals surface area contributed by atoms with Gasteiger partial charge in [0.05, 0.1) is 6.54 Å². The number of hydrogen-bond donors (Lipinski definition) is 2. The highest BCUT2D eigenvalue weighted by atomic mass is 19.4. The summed E-state index contributed by atoms with van der Waals surface area (Å²) >= 11 is 0. The van der Waals surface area contributed by atoms with Crippen molar-refractivity contribution in [2.75, 3.05) is 38.1 Å². The second-order valence-corrected chi connectivity index (χ2v) is 6.04. The number of anilines is 1.